The van der Waals surface area contributed by atoms with Crippen LogP contribution in [0.15, 0.2) is 188 Å². The molecular weight excluding hydrogens is 655 g/mol. The Morgan fingerprint density at radius 2 is 0.843 bits per heavy atom. The summed E-state index contributed by atoms with van der Waals surface area (Å²) in [6.07, 6.45) is 0. The molecule has 0 aliphatic carbocycles. The van der Waals surface area contributed by atoms with Gasteiger partial charge < -0.3 is 4.90 Å². The number of nitrogens with zero attached hydrogens (tertiary/aromatic N) is 1. The zero-order valence-corrected chi connectivity index (χ0v) is 29.3. The van der Waals surface area contributed by atoms with E-state index in [-0.39, 0.29) is 0 Å². The minimum absolute atomic E-state index is 1.14. The lowest BCUT2D eigenvalue weighted by molar-refractivity contribution is 1.31. The Morgan fingerprint density at radius 1 is 0.333 bits per heavy atom. The van der Waals surface area contributed by atoms with Gasteiger partial charge in [-0.05, 0) is 64.7 Å². The number of fused-ring (bicyclic) bond motifs is 6. The molecule has 0 atom stereocenters. The predicted octanol–water partition coefficient (Wildman–Crippen LogP) is 14.9. The fourth-order valence-electron chi connectivity index (χ4n) is 7.50. The van der Waals surface area contributed by atoms with E-state index < -0.39 is 0 Å². The highest BCUT2D eigenvalue weighted by atomic mass is 32.1. The van der Waals surface area contributed by atoms with E-state index >= 15 is 0 Å². The van der Waals surface area contributed by atoms with Crippen LogP contribution in [-0.4, -0.2) is 0 Å². The second kappa shape index (κ2) is 12.4. The average Bonchev–Trinajstić information content (AvgIpc) is 3.78. The molecule has 10 rings (SSSR count). The standard InChI is InChI=1S/C48H31NS2/c1-4-15-32(16-5-1)35-29-41(33-17-6-2-7-18-33)47(42(30-35)34-19-8-3-9-20-34)49(36-27-28-39-37-21-10-12-25-44(37)50-46(39)31-36)43-24-14-23-40-38-22-11-13-26-45(38)51-48(40)43/h1-31H. The second-order valence-corrected chi connectivity index (χ2v) is 15.0. The Bertz CT molecular complexity index is 2790. The normalized spacial score (nSPS) is 11.5. The number of benzene rings is 8. The number of anilines is 3. The van der Waals surface area contributed by atoms with Crippen molar-refractivity contribution in [1.82, 2.24) is 0 Å². The highest BCUT2D eigenvalue weighted by Crippen LogP contribution is 2.52. The number of rotatable bonds is 6. The van der Waals surface area contributed by atoms with Gasteiger partial charge in [-0.2, -0.15) is 0 Å². The fraction of sp³-hybridized carbons (Fsp3) is 0. The summed E-state index contributed by atoms with van der Waals surface area (Å²) in [6.45, 7) is 0. The highest BCUT2D eigenvalue weighted by Gasteiger charge is 2.26. The highest BCUT2D eigenvalue weighted by molar-refractivity contribution is 7.26. The van der Waals surface area contributed by atoms with Crippen molar-refractivity contribution in [1.29, 1.82) is 0 Å². The van der Waals surface area contributed by atoms with Gasteiger partial charge in [0, 0.05) is 52.5 Å². The molecule has 0 saturated carbocycles. The molecule has 0 aliphatic heterocycles. The Hall–Kier alpha value is -6.00. The van der Waals surface area contributed by atoms with Gasteiger partial charge in [-0.25, -0.2) is 0 Å². The van der Waals surface area contributed by atoms with E-state index in [4.69, 9.17) is 0 Å². The predicted molar refractivity (Wildman–Crippen MR) is 223 cm³/mol. The maximum Gasteiger partial charge on any atom is 0.0640 e. The van der Waals surface area contributed by atoms with E-state index in [0.29, 0.717) is 0 Å². The fourth-order valence-corrected chi connectivity index (χ4v) is 9.84. The molecule has 10 aromatic rings. The summed E-state index contributed by atoms with van der Waals surface area (Å²) in [6, 6.07) is 68.8. The van der Waals surface area contributed by atoms with Crippen LogP contribution >= 0.6 is 22.7 Å². The lowest BCUT2D eigenvalue weighted by atomic mass is 9.89. The third kappa shape index (κ3) is 5.13. The van der Waals surface area contributed by atoms with Gasteiger partial charge in [-0.3, -0.25) is 0 Å². The zero-order chi connectivity index (χ0) is 33.7. The third-order valence-corrected chi connectivity index (χ3v) is 12.2. The van der Waals surface area contributed by atoms with Crippen LogP contribution < -0.4 is 4.90 Å². The summed E-state index contributed by atoms with van der Waals surface area (Å²) in [4.78, 5) is 2.54. The van der Waals surface area contributed by atoms with E-state index in [0.717, 1.165) is 11.4 Å². The molecule has 2 aromatic heterocycles. The van der Waals surface area contributed by atoms with Crippen molar-refractivity contribution >= 4 is 80.1 Å². The number of hydrogen-bond acceptors (Lipinski definition) is 3. The molecule has 0 N–H and O–H groups in total. The third-order valence-electron chi connectivity index (χ3n) is 9.86. The van der Waals surface area contributed by atoms with Crippen molar-refractivity contribution in [3.63, 3.8) is 0 Å². The van der Waals surface area contributed by atoms with Crippen LogP contribution in [0.5, 0.6) is 0 Å². The SMILES string of the molecule is c1ccc(-c2cc(-c3ccccc3)c(N(c3ccc4c(c3)sc3ccccc34)c3cccc4c3sc3ccccc34)c(-c3ccccc3)c2)cc1. The second-order valence-electron chi connectivity index (χ2n) is 12.9. The van der Waals surface area contributed by atoms with Gasteiger partial charge in [-0.1, -0.05) is 146 Å². The van der Waals surface area contributed by atoms with Crippen LogP contribution in [-0.2, 0) is 0 Å². The number of thiophene rings is 2. The zero-order valence-electron chi connectivity index (χ0n) is 27.7. The Kier molecular flexibility index (Phi) is 7.26. The molecule has 51 heavy (non-hydrogen) atoms. The molecule has 8 aromatic carbocycles. The van der Waals surface area contributed by atoms with Crippen LogP contribution in [0.3, 0.4) is 0 Å². The topological polar surface area (TPSA) is 3.24 Å². The van der Waals surface area contributed by atoms with Crippen LogP contribution in [0.25, 0.3) is 73.7 Å². The summed E-state index contributed by atoms with van der Waals surface area (Å²) in [5.41, 5.74) is 10.6. The number of hydrogen-bond donors (Lipinski definition) is 0. The van der Waals surface area contributed by atoms with E-state index in [1.54, 1.807) is 0 Å². The van der Waals surface area contributed by atoms with Crippen LogP contribution in [0, 0.1) is 0 Å². The molecule has 0 unspecified atom stereocenters. The van der Waals surface area contributed by atoms with Crippen molar-refractivity contribution < 1.29 is 0 Å². The summed E-state index contributed by atoms with van der Waals surface area (Å²) < 4.78 is 5.17. The van der Waals surface area contributed by atoms with Gasteiger partial charge in [0.1, 0.15) is 0 Å². The van der Waals surface area contributed by atoms with Crippen molar-refractivity contribution in [2.45, 2.75) is 0 Å². The molecule has 1 nitrogen and oxygen atoms in total. The summed E-state index contributed by atoms with van der Waals surface area (Å²) >= 11 is 3.75. The van der Waals surface area contributed by atoms with Gasteiger partial charge in [-0.15, -0.1) is 22.7 Å². The monoisotopic (exact) mass is 685 g/mol. The van der Waals surface area contributed by atoms with Crippen molar-refractivity contribution in [3.8, 4) is 33.4 Å². The first-order valence-corrected chi connectivity index (χ1v) is 18.9. The van der Waals surface area contributed by atoms with E-state index in [2.05, 4.69) is 193 Å². The minimum Gasteiger partial charge on any atom is -0.308 e. The van der Waals surface area contributed by atoms with Gasteiger partial charge in [0.05, 0.1) is 16.1 Å². The summed E-state index contributed by atoms with van der Waals surface area (Å²) in [7, 11) is 0. The molecule has 0 amide bonds. The molecular formula is C48H31NS2. The maximum atomic E-state index is 2.54. The Morgan fingerprint density at radius 3 is 1.49 bits per heavy atom. The molecule has 0 spiro atoms. The van der Waals surface area contributed by atoms with Gasteiger partial charge >= 0.3 is 0 Å². The first-order valence-electron chi connectivity index (χ1n) is 17.3. The van der Waals surface area contributed by atoms with Gasteiger partial charge in [0.25, 0.3) is 0 Å². The summed E-state index contributed by atoms with van der Waals surface area (Å²) in [5.74, 6) is 0. The van der Waals surface area contributed by atoms with Crippen LogP contribution in [0.2, 0.25) is 0 Å². The molecule has 0 bridgehead atoms. The van der Waals surface area contributed by atoms with Crippen molar-refractivity contribution in [3.05, 3.63) is 188 Å². The quantitative estimate of drug-likeness (QED) is 0.168. The van der Waals surface area contributed by atoms with Crippen molar-refractivity contribution in [2.75, 3.05) is 4.90 Å². The Labute approximate surface area is 304 Å². The lowest BCUT2D eigenvalue weighted by Gasteiger charge is -2.31. The molecule has 0 saturated heterocycles. The van der Waals surface area contributed by atoms with Crippen LogP contribution in [0.1, 0.15) is 0 Å². The minimum atomic E-state index is 1.14. The molecule has 0 fully saturated rings. The van der Waals surface area contributed by atoms with Crippen LogP contribution in [0.4, 0.5) is 17.1 Å². The molecule has 240 valence electrons. The molecule has 2 heterocycles. The smallest absolute Gasteiger partial charge is 0.0640 e. The molecule has 3 heteroatoms. The van der Waals surface area contributed by atoms with E-state index in [1.807, 2.05) is 22.7 Å². The maximum absolute atomic E-state index is 2.54. The van der Waals surface area contributed by atoms with E-state index in [1.165, 1.54) is 79.4 Å². The van der Waals surface area contributed by atoms with Gasteiger partial charge in [0.2, 0.25) is 0 Å². The first-order chi connectivity index (χ1) is 25.3. The molecule has 0 aliphatic rings. The van der Waals surface area contributed by atoms with E-state index in [9.17, 15) is 0 Å². The summed E-state index contributed by atoms with van der Waals surface area (Å²) in [5, 5.41) is 5.18. The Balaban J connectivity index is 1.35. The average molecular weight is 686 g/mol. The van der Waals surface area contributed by atoms with Crippen molar-refractivity contribution in [2.24, 2.45) is 0 Å². The lowest BCUT2D eigenvalue weighted by Crippen LogP contribution is -2.13. The first kappa shape index (κ1) is 29.9. The largest absolute Gasteiger partial charge is 0.308 e. The van der Waals surface area contributed by atoms with Gasteiger partial charge in [0.15, 0.2) is 0 Å². The molecule has 0 radical (unpaired) electrons.